The van der Waals surface area contributed by atoms with E-state index in [0.717, 1.165) is 0 Å². The number of nitrogen functional groups attached to an aromatic ring is 1. The molecule has 0 amide bonds. The molecule has 0 saturated carbocycles. The second kappa shape index (κ2) is 4.04. The van der Waals surface area contributed by atoms with Crippen LogP contribution >= 0.6 is 23.1 Å². The van der Waals surface area contributed by atoms with Gasteiger partial charge in [-0.05, 0) is 25.1 Å². The zero-order valence-electron chi connectivity index (χ0n) is 7.90. The molecule has 0 aliphatic rings. The largest absolute Gasteiger partial charge is 0.428 e. The van der Waals surface area contributed by atoms with Gasteiger partial charge in [-0.25, -0.2) is 0 Å². The maximum atomic E-state index is 5.76. The highest BCUT2D eigenvalue weighted by Crippen LogP contribution is 2.30. The van der Waals surface area contributed by atoms with Gasteiger partial charge in [0.05, 0.1) is 5.69 Å². The molecule has 78 valence electrons. The molecule has 0 radical (unpaired) electrons. The molecule has 2 rings (SSSR count). The first-order valence-electron chi connectivity index (χ1n) is 4.18. The number of aromatic nitrogens is 2. The molecule has 0 spiro atoms. The van der Waals surface area contributed by atoms with Crippen molar-refractivity contribution in [2.24, 2.45) is 0 Å². The fraction of sp³-hybridized carbons (Fsp3) is 0.111. The minimum atomic E-state index is 0.474. The molecule has 6 heteroatoms. The first-order chi connectivity index (χ1) is 7.15. The van der Waals surface area contributed by atoms with Crippen molar-refractivity contribution in [1.29, 1.82) is 0 Å². The summed E-state index contributed by atoms with van der Waals surface area (Å²) in [6, 6.07) is 5.04. The van der Waals surface area contributed by atoms with Gasteiger partial charge in [0, 0.05) is 16.6 Å². The molecule has 0 aliphatic carbocycles. The van der Waals surface area contributed by atoms with Crippen molar-refractivity contribution in [3.05, 3.63) is 29.0 Å². The first-order valence-corrected chi connectivity index (χ1v) is 5.33. The van der Waals surface area contributed by atoms with Gasteiger partial charge < -0.3 is 10.5 Å². The Morgan fingerprint density at radius 2 is 2.27 bits per heavy atom. The van der Waals surface area contributed by atoms with Gasteiger partial charge in [0.1, 0.15) is 5.82 Å². The second-order valence-electron chi connectivity index (χ2n) is 2.89. The Morgan fingerprint density at radius 3 is 2.87 bits per heavy atom. The minimum absolute atomic E-state index is 0.474. The van der Waals surface area contributed by atoms with Crippen LogP contribution in [0.25, 0.3) is 0 Å². The third-order valence-electron chi connectivity index (χ3n) is 1.68. The number of hydrogen-bond acceptors (Lipinski definition) is 5. The minimum Gasteiger partial charge on any atom is -0.428 e. The van der Waals surface area contributed by atoms with Crippen LogP contribution in [0.2, 0.25) is 5.02 Å². The SMILES string of the molecule is Cc1nsc(Oc2ccc(Cl)cc2N)n1. The van der Waals surface area contributed by atoms with Crippen molar-refractivity contribution >= 4 is 28.8 Å². The number of benzene rings is 1. The smallest absolute Gasteiger partial charge is 0.298 e. The van der Waals surface area contributed by atoms with Crippen molar-refractivity contribution in [3.63, 3.8) is 0 Å². The number of ether oxygens (including phenoxy) is 1. The monoisotopic (exact) mass is 241 g/mol. The van der Waals surface area contributed by atoms with Crippen LogP contribution in [-0.2, 0) is 0 Å². The van der Waals surface area contributed by atoms with E-state index in [-0.39, 0.29) is 0 Å². The van der Waals surface area contributed by atoms with Gasteiger partial charge in [0.25, 0.3) is 5.19 Å². The lowest BCUT2D eigenvalue weighted by Crippen LogP contribution is -1.91. The Morgan fingerprint density at radius 1 is 1.47 bits per heavy atom. The zero-order valence-corrected chi connectivity index (χ0v) is 9.47. The Labute approximate surface area is 95.8 Å². The van der Waals surface area contributed by atoms with Crippen molar-refractivity contribution < 1.29 is 4.74 Å². The van der Waals surface area contributed by atoms with E-state index in [1.54, 1.807) is 25.1 Å². The predicted octanol–water partition coefficient (Wildman–Crippen LogP) is 2.87. The second-order valence-corrected chi connectivity index (χ2v) is 4.04. The fourth-order valence-corrected chi connectivity index (χ4v) is 1.76. The maximum absolute atomic E-state index is 5.76. The molecule has 1 heterocycles. The summed E-state index contributed by atoms with van der Waals surface area (Å²) in [4.78, 5) is 4.07. The quantitative estimate of drug-likeness (QED) is 0.822. The van der Waals surface area contributed by atoms with Gasteiger partial charge in [-0.3, -0.25) is 0 Å². The van der Waals surface area contributed by atoms with Crippen LogP contribution in [0, 0.1) is 6.92 Å². The number of halogens is 1. The molecule has 0 saturated heterocycles. The summed E-state index contributed by atoms with van der Waals surface area (Å²) in [7, 11) is 0. The molecule has 0 atom stereocenters. The summed E-state index contributed by atoms with van der Waals surface area (Å²) < 4.78 is 9.44. The molecule has 0 bridgehead atoms. The molecular formula is C9H8ClN3OS. The summed E-state index contributed by atoms with van der Waals surface area (Å²) in [5, 5.41) is 1.05. The number of rotatable bonds is 2. The van der Waals surface area contributed by atoms with Crippen molar-refractivity contribution in [2.75, 3.05) is 5.73 Å². The van der Waals surface area contributed by atoms with Crippen molar-refractivity contribution in [2.45, 2.75) is 6.92 Å². The molecule has 15 heavy (non-hydrogen) atoms. The lowest BCUT2D eigenvalue weighted by Gasteiger charge is -2.04. The highest BCUT2D eigenvalue weighted by Gasteiger charge is 2.06. The highest BCUT2D eigenvalue weighted by atomic mass is 35.5. The van der Waals surface area contributed by atoms with Crippen LogP contribution in [0.5, 0.6) is 10.9 Å². The Kier molecular flexibility index (Phi) is 2.75. The highest BCUT2D eigenvalue weighted by molar-refractivity contribution is 7.07. The van der Waals surface area contributed by atoms with Crippen LogP contribution in [0.1, 0.15) is 5.82 Å². The van der Waals surface area contributed by atoms with Crippen LogP contribution in [0.3, 0.4) is 0 Å². The summed E-state index contributed by atoms with van der Waals surface area (Å²) in [6.07, 6.45) is 0. The number of anilines is 1. The van der Waals surface area contributed by atoms with Gasteiger partial charge in [0.2, 0.25) is 0 Å². The van der Waals surface area contributed by atoms with E-state index in [4.69, 9.17) is 22.1 Å². The standard InChI is InChI=1S/C9H8ClN3OS/c1-5-12-9(15-13-5)14-8-3-2-6(10)4-7(8)11/h2-4H,11H2,1H3. The average Bonchev–Trinajstić information content (AvgIpc) is 2.56. The molecule has 2 aromatic rings. The van der Waals surface area contributed by atoms with E-state index in [0.29, 0.717) is 27.5 Å². The number of nitrogens with two attached hydrogens (primary N) is 1. The summed E-state index contributed by atoms with van der Waals surface area (Å²) >= 11 is 6.95. The lowest BCUT2D eigenvalue weighted by molar-refractivity contribution is 0.480. The molecule has 2 N–H and O–H groups in total. The lowest BCUT2D eigenvalue weighted by atomic mass is 10.3. The number of hydrogen-bond donors (Lipinski definition) is 1. The summed E-state index contributed by atoms with van der Waals surface area (Å²) in [6.45, 7) is 1.80. The van der Waals surface area contributed by atoms with E-state index in [1.165, 1.54) is 11.5 Å². The van der Waals surface area contributed by atoms with E-state index < -0.39 is 0 Å². The van der Waals surface area contributed by atoms with E-state index in [2.05, 4.69) is 9.36 Å². The molecular weight excluding hydrogens is 234 g/mol. The molecule has 0 unspecified atom stereocenters. The zero-order chi connectivity index (χ0) is 10.8. The Bertz CT molecular complexity index is 486. The molecule has 0 aliphatic heterocycles. The number of nitrogens with zero attached hydrogens (tertiary/aromatic N) is 2. The first kappa shape index (κ1) is 10.2. The van der Waals surface area contributed by atoms with Crippen molar-refractivity contribution in [1.82, 2.24) is 9.36 Å². The topological polar surface area (TPSA) is 61.0 Å². The predicted molar refractivity (Wildman–Crippen MR) is 60.6 cm³/mol. The maximum Gasteiger partial charge on any atom is 0.298 e. The van der Waals surface area contributed by atoms with E-state index in [1.807, 2.05) is 0 Å². The van der Waals surface area contributed by atoms with Crippen molar-refractivity contribution in [3.8, 4) is 10.9 Å². The number of aryl methyl sites for hydroxylation is 1. The van der Waals surface area contributed by atoms with Crippen LogP contribution in [0.4, 0.5) is 5.69 Å². The third kappa shape index (κ3) is 2.37. The normalized spacial score (nSPS) is 10.3. The summed E-state index contributed by atoms with van der Waals surface area (Å²) in [5.41, 5.74) is 6.20. The molecule has 1 aromatic carbocycles. The van der Waals surface area contributed by atoms with Crippen LogP contribution in [-0.4, -0.2) is 9.36 Å². The Hall–Kier alpha value is -1.33. The van der Waals surface area contributed by atoms with Gasteiger partial charge in [-0.2, -0.15) is 9.36 Å². The molecule has 4 nitrogen and oxygen atoms in total. The summed E-state index contributed by atoms with van der Waals surface area (Å²) in [5.74, 6) is 1.22. The third-order valence-corrected chi connectivity index (χ3v) is 2.60. The van der Waals surface area contributed by atoms with Gasteiger partial charge in [-0.1, -0.05) is 11.6 Å². The average molecular weight is 242 g/mol. The van der Waals surface area contributed by atoms with E-state index in [9.17, 15) is 0 Å². The molecule has 0 fully saturated rings. The van der Waals surface area contributed by atoms with E-state index >= 15 is 0 Å². The van der Waals surface area contributed by atoms with Gasteiger partial charge in [-0.15, -0.1) is 0 Å². The Balaban J connectivity index is 2.24. The van der Waals surface area contributed by atoms with Crippen LogP contribution < -0.4 is 10.5 Å². The van der Waals surface area contributed by atoms with Gasteiger partial charge >= 0.3 is 0 Å². The van der Waals surface area contributed by atoms with Crippen LogP contribution in [0.15, 0.2) is 18.2 Å². The van der Waals surface area contributed by atoms with Gasteiger partial charge in [0.15, 0.2) is 5.75 Å². The fourth-order valence-electron chi connectivity index (χ4n) is 1.03. The molecule has 1 aromatic heterocycles.